The van der Waals surface area contributed by atoms with Gasteiger partial charge in [0, 0.05) is 13.1 Å². The first-order valence-electron chi connectivity index (χ1n) is 4.00. The fourth-order valence-electron chi connectivity index (χ4n) is 1.51. The molecule has 0 unspecified atom stereocenters. The van der Waals surface area contributed by atoms with Crippen LogP contribution in [0.25, 0.3) is 0 Å². The Labute approximate surface area is 70.8 Å². The molecule has 4 nitrogen and oxygen atoms in total. The van der Waals surface area contributed by atoms with E-state index < -0.39 is 0 Å². The fourth-order valence-corrected chi connectivity index (χ4v) is 1.51. The summed E-state index contributed by atoms with van der Waals surface area (Å²) in [4.78, 5) is 2.11. The smallest absolute Gasteiger partial charge is 0.0869 e. The molecule has 2 heterocycles. The van der Waals surface area contributed by atoms with Gasteiger partial charge in [-0.15, -0.1) is 0 Å². The minimum atomic E-state index is 0.512. The molecule has 0 saturated carbocycles. The lowest BCUT2D eigenvalue weighted by Gasteiger charge is -2.23. The molecule has 1 aliphatic heterocycles. The molecule has 0 saturated heterocycles. The van der Waals surface area contributed by atoms with Gasteiger partial charge in [0.2, 0.25) is 0 Å². The average molecular weight is 162 g/mol. The van der Waals surface area contributed by atoms with Crippen molar-refractivity contribution in [2.45, 2.75) is 13.0 Å². The Balaban J connectivity index is 2.11. The minimum Gasteiger partial charge on any atom is -0.284 e. The molecule has 1 N–H and O–H groups in total. The number of hydrogen-bond acceptors (Lipinski definition) is 3. The first kappa shape index (κ1) is 7.32. The fraction of sp³-hybridized carbons (Fsp3) is 0.500. The highest BCUT2D eigenvalue weighted by Crippen LogP contribution is 2.14. The molecule has 0 aliphatic carbocycles. The number of H-pyrrole nitrogens is 1. The highest BCUT2D eigenvalue weighted by molar-refractivity contribution is 5.19. The SMILES string of the molecule is N#CCN1CCc2cn[nH]c2C1. The molecule has 1 aromatic rings. The van der Waals surface area contributed by atoms with E-state index in [9.17, 15) is 0 Å². The van der Waals surface area contributed by atoms with Crippen molar-refractivity contribution >= 4 is 0 Å². The Morgan fingerprint density at radius 3 is 3.50 bits per heavy atom. The molecule has 0 bridgehead atoms. The molecule has 62 valence electrons. The lowest BCUT2D eigenvalue weighted by Crippen LogP contribution is -2.30. The Hall–Kier alpha value is -1.34. The molecule has 4 heteroatoms. The molecular formula is C8H10N4. The molecule has 0 amide bonds. The van der Waals surface area contributed by atoms with E-state index in [-0.39, 0.29) is 0 Å². The van der Waals surface area contributed by atoms with Crippen LogP contribution in [-0.2, 0) is 13.0 Å². The zero-order valence-electron chi connectivity index (χ0n) is 6.75. The van der Waals surface area contributed by atoms with Crippen LogP contribution in [0, 0.1) is 11.3 Å². The van der Waals surface area contributed by atoms with E-state index in [1.54, 1.807) is 0 Å². The second-order valence-electron chi connectivity index (χ2n) is 2.99. The Kier molecular flexibility index (Phi) is 1.80. The maximum atomic E-state index is 8.50. The van der Waals surface area contributed by atoms with Gasteiger partial charge in [-0.25, -0.2) is 0 Å². The van der Waals surface area contributed by atoms with Gasteiger partial charge in [-0.05, 0) is 12.0 Å². The molecule has 0 radical (unpaired) electrons. The van der Waals surface area contributed by atoms with Crippen LogP contribution in [0.3, 0.4) is 0 Å². The molecule has 0 atom stereocenters. The topological polar surface area (TPSA) is 55.7 Å². The quantitative estimate of drug-likeness (QED) is 0.604. The van der Waals surface area contributed by atoms with Crippen molar-refractivity contribution in [3.8, 4) is 6.07 Å². The molecule has 1 aromatic heterocycles. The van der Waals surface area contributed by atoms with Gasteiger partial charge in [-0.2, -0.15) is 10.4 Å². The molecule has 0 fully saturated rings. The van der Waals surface area contributed by atoms with Crippen LogP contribution in [0.15, 0.2) is 6.20 Å². The largest absolute Gasteiger partial charge is 0.284 e. The first-order valence-corrected chi connectivity index (χ1v) is 4.00. The minimum absolute atomic E-state index is 0.512. The zero-order valence-corrected chi connectivity index (χ0v) is 6.75. The maximum Gasteiger partial charge on any atom is 0.0869 e. The number of rotatable bonds is 1. The summed E-state index contributed by atoms with van der Waals surface area (Å²) in [6, 6.07) is 2.15. The number of nitrogens with one attached hydrogen (secondary N) is 1. The van der Waals surface area contributed by atoms with E-state index >= 15 is 0 Å². The van der Waals surface area contributed by atoms with Gasteiger partial charge >= 0.3 is 0 Å². The molecule has 12 heavy (non-hydrogen) atoms. The number of hydrogen-bond donors (Lipinski definition) is 1. The molecule has 0 spiro atoms. The van der Waals surface area contributed by atoms with Crippen molar-refractivity contribution < 1.29 is 0 Å². The number of nitrogens with zero attached hydrogens (tertiary/aromatic N) is 3. The van der Waals surface area contributed by atoms with Crippen LogP contribution in [0.2, 0.25) is 0 Å². The lowest BCUT2D eigenvalue weighted by molar-refractivity contribution is 0.281. The van der Waals surface area contributed by atoms with Crippen molar-refractivity contribution in [3.63, 3.8) is 0 Å². The van der Waals surface area contributed by atoms with Crippen LogP contribution in [0.1, 0.15) is 11.3 Å². The highest BCUT2D eigenvalue weighted by Gasteiger charge is 2.16. The maximum absolute atomic E-state index is 8.50. The summed E-state index contributed by atoms with van der Waals surface area (Å²) in [5, 5.41) is 15.4. The van der Waals surface area contributed by atoms with Crippen molar-refractivity contribution in [2.24, 2.45) is 0 Å². The van der Waals surface area contributed by atoms with Crippen molar-refractivity contribution in [3.05, 3.63) is 17.5 Å². The summed E-state index contributed by atoms with van der Waals surface area (Å²) >= 11 is 0. The average Bonchev–Trinajstić information content (AvgIpc) is 2.51. The third-order valence-electron chi connectivity index (χ3n) is 2.18. The van der Waals surface area contributed by atoms with Crippen LogP contribution in [-0.4, -0.2) is 28.2 Å². The summed E-state index contributed by atoms with van der Waals surface area (Å²) in [6.07, 6.45) is 2.88. The van der Waals surface area contributed by atoms with Gasteiger partial charge in [0.05, 0.1) is 24.5 Å². The highest BCUT2D eigenvalue weighted by atomic mass is 15.2. The van der Waals surface area contributed by atoms with Crippen molar-refractivity contribution in [1.29, 1.82) is 5.26 Å². The standard InChI is InChI=1S/C8H10N4/c9-2-4-12-3-1-7-5-10-11-8(7)6-12/h5H,1,3-4,6H2,(H,10,11). The van der Waals surface area contributed by atoms with Crippen molar-refractivity contribution in [2.75, 3.05) is 13.1 Å². The molecule has 2 rings (SSSR count). The summed E-state index contributed by atoms with van der Waals surface area (Å²) < 4.78 is 0. The summed E-state index contributed by atoms with van der Waals surface area (Å²) in [5.74, 6) is 0. The van der Waals surface area contributed by atoms with E-state index in [0.717, 1.165) is 25.2 Å². The van der Waals surface area contributed by atoms with E-state index in [4.69, 9.17) is 5.26 Å². The first-order chi connectivity index (χ1) is 5.90. The van der Waals surface area contributed by atoms with Gasteiger partial charge in [-0.3, -0.25) is 10.00 Å². The second kappa shape index (κ2) is 2.95. The van der Waals surface area contributed by atoms with E-state index in [2.05, 4.69) is 21.2 Å². The van der Waals surface area contributed by atoms with Gasteiger partial charge in [-0.1, -0.05) is 0 Å². The number of nitriles is 1. The number of aromatic amines is 1. The summed E-state index contributed by atoms with van der Waals surface area (Å²) in [7, 11) is 0. The normalized spacial score (nSPS) is 16.9. The van der Waals surface area contributed by atoms with Crippen LogP contribution < -0.4 is 0 Å². The third kappa shape index (κ3) is 1.19. The monoisotopic (exact) mass is 162 g/mol. The van der Waals surface area contributed by atoms with Gasteiger partial charge in [0.15, 0.2) is 0 Å². The molecule has 0 aromatic carbocycles. The summed E-state index contributed by atoms with van der Waals surface area (Å²) in [5.41, 5.74) is 2.46. The van der Waals surface area contributed by atoms with Gasteiger partial charge < -0.3 is 0 Å². The second-order valence-corrected chi connectivity index (χ2v) is 2.99. The molecule has 1 aliphatic rings. The van der Waals surface area contributed by atoms with Crippen molar-refractivity contribution in [1.82, 2.24) is 15.1 Å². The predicted molar refractivity (Wildman–Crippen MR) is 43.2 cm³/mol. The number of aromatic nitrogens is 2. The predicted octanol–water partition coefficient (Wildman–Crippen LogP) is 0.291. The zero-order chi connectivity index (χ0) is 8.39. The van der Waals surface area contributed by atoms with E-state index in [1.807, 2.05) is 6.20 Å². The Morgan fingerprint density at radius 1 is 1.75 bits per heavy atom. The molecular weight excluding hydrogens is 152 g/mol. The van der Waals surface area contributed by atoms with Gasteiger partial charge in [0.1, 0.15) is 0 Å². The summed E-state index contributed by atoms with van der Waals surface area (Å²) in [6.45, 7) is 2.32. The third-order valence-corrected chi connectivity index (χ3v) is 2.18. The van der Waals surface area contributed by atoms with Crippen LogP contribution in [0.4, 0.5) is 0 Å². The van der Waals surface area contributed by atoms with E-state index in [0.29, 0.717) is 6.54 Å². The van der Waals surface area contributed by atoms with Gasteiger partial charge in [0.25, 0.3) is 0 Å². The Morgan fingerprint density at radius 2 is 2.67 bits per heavy atom. The van der Waals surface area contributed by atoms with E-state index in [1.165, 1.54) is 5.56 Å². The van der Waals surface area contributed by atoms with Crippen LogP contribution in [0.5, 0.6) is 0 Å². The Bertz CT molecular complexity index is 309. The number of fused-ring (bicyclic) bond motifs is 1. The van der Waals surface area contributed by atoms with Crippen LogP contribution >= 0.6 is 0 Å². The lowest BCUT2D eigenvalue weighted by atomic mass is 10.1.